The van der Waals surface area contributed by atoms with Gasteiger partial charge in [0.1, 0.15) is 23.7 Å². The van der Waals surface area contributed by atoms with E-state index in [9.17, 15) is 9.18 Å². The minimum atomic E-state index is -0.266. The van der Waals surface area contributed by atoms with Crippen molar-refractivity contribution in [2.24, 2.45) is 11.8 Å². The van der Waals surface area contributed by atoms with Crippen LogP contribution in [0.2, 0.25) is 0 Å². The zero-order valence-electron chi connectivity index (χ0n) is 18.6. The van der Waals surface area contributed by atoms with Gasteiger partial charge in [-0.3, -0.25) is 9.69 Å². The molecule has 7 nitrogen and oxygen atoms in total. The van der Waals surface area contributed by atoms with Gasteiger partial charge in [0.05, 0.1) is 18.3 Å². The number of ether oxygens (including phenoxy) is 1. The van der Waals surface area contributed by atoms with Crippen LogP contribution in [0.15, 0.2) is 48.8 Å². The van der Waals surface area contributed by atoms with Crippen LogP contribution in [0.25, 0.3) is 10.9 Å². The van der Waals surface area contributed by atoms with Crippen molar-refractivity contribution >= 4 is 34.0 Å². The first kappa shape index (κ1) is 21.3. The molecule has 0 spiro atoms. The normalized spacial score (nSPS) is 19.6. The lowest BCUT2D eigenvalue weighted by molar-refractivity contribution is -0.111. The minimum Gasteiger partial charge on any atom is -0.494 e. The van der Waals surface area contributed by atoms with E-state index in [0.29, 0.717) is 39.4 Å². The third-order valence-corrected chi connectivity index (χ3v) is 6.32. The standard InChI is InChI=1S/C25H26FN5O2/c1-15-8-18(5-6-20(15)26)29-25-19-10-22(23(33-2)11-21(19)27-14-28-25)30-24(32)4-3-7-31-12-16-9-17(16)13-31/h3-6,8,10-11,14,16-17H,7,9,12-13H2,1-2H3,(H,30,32)(H,27,28,29)/b4-3+. The van der Waals surface area contributed by atoms with Gasteiger partial charge >= 0.3 is 0 Å². The maximum atomic E-state index is 13.6. The van der Waals surface area contributed by atoms with Crippen molar-refractivity contribution in [2.45, 2.75) is 13.3 Å². The number of aryl methyl sites for hydroxylation is 1. The molecule has 1 aromatic heterocycles. The molecule has 2 fully saturated rings. The van der Waals surface area contributed by atoms with Gasteiger partial charge in [-0.15, -0.1) is 0 Å². The zero-order chi connectivity index (χ0) is 22.9. The van der Waals surface area contributed by atoms with Crippen LogP contribution in [0.3, 0.4) is 0 Å². The number of hydrogen-bond donors (Lipinski definition) is 2. The summed E-state index contributed by atoms with van der Waals surface area (Å²) in [6.07, 6.45) is 6.28. The molecule has 170 valence electrons. The first-order valence-electron chi connectivity index (χ1n) is 11.1. The second-order valence-corrected chi connectivity index (χ2v) is 8.75. The zero-order valence-corrected chi connectivity index (χ0v) is 18.6. The lowest BCUT2D eigenvalue weighted by Gasteiger charge is -2.14. The lowest BCUT2D eigenvalue weighted by atomic mass is 10.1. The van der Waals surface area contributed by atoms with Gasteiger partial charge in [0, 0.05) is 42.9 Å². The summed E-state index contributed by atoms with van der Waals surface area (Å²) < 4.78 is 19.1. The van der Waals surface area contributed by atoms with Gasteiger partial charge in [0.15, 0.2) is 0 Å². The number of likely N-dealkylation sites (tertiary alicyclic amines) is 1. The maximum Gasteiger partial charge on any atom is 0.248 e. The third kappa shape index (κ3) is 4.66. The van der Waals surface area contributed by atoms with E-state index in [4.69, 9.17) is 4.74 Å². The topological polar surface area (TPSA) is 79.4 Å². The van der Waals surface area contributed by atoms with Crippen LogP contribution in [-0.4, -0.2) is 47.5 Å². The molecule has 2 N–H and O–H groups in total. The Morgan fingerprint density at radius 2 is 2.06 bits per heavy atom. The van der Waals surface area contributed by atoms with Crippen LogP contribution in [-0.2, 0) is 4.79 Å². The van der Waals surface area contributed by atoms with E-state index in [0.717, 1.165) is 31.5 Å². The molecule has 2 aromatic carbocycles. The number of piperidine rings is 1. The summed E-state index contributed by atoms with van der Waals surface area (Å²) in [6.45, 7) is 4.77. The number of amides is 1. The number of halogens is 1. The number of carbonyl (C=O) groups is 1. The fourth-order valence-corrected chi connectivity index (χ4v) is 4.44. The average molecular weight is 448 g/mol. The molecular weight excluding hydrogens is 421 g/mol. The molecule has 1 aliphatic heterocycles. The van der Waals surface area contributed by atoms with E-state index in [1.54, 1.807) is 44.4 Å². The largest absolute Gasteiger partial charge is 0.494 e. The predicted octanol–water partition coefficient (Wildman–Crippen LogP) is 4.28. The highest BCUT2D eigenvalue weighted by Gasteiger charge is 2.44. The molecule has 2 heterocycles. The van der Waals surface area contributed by atoms with E-state index in [1.165, 1.54) is 18.8 Å². The van der Waals surface area contributed by atoms with Crippen molar-refractivity contribution in [1.82, 2.24) is 14.9 Å². The molecule has 0 bridgehead atoms. The molecule has 2 unspecified atom stereocenters. The number of nitrogens with zero attached hydrogens (tertiary/aromatic N) is 3. The van der Waals surface area contributed by atoms with Gasteiger partial charge in [-0.05, 0) is 55.0 Å². The molecule has 1 saturated heterocycles. The number of fused-ring (bicyclic) bond motifs is 2. The highest BCUT2D eigenvalue weighted by molar-refractivity contribution is 6.03. The molecule has 1 saturated carbocycles. The smallest absolute Gasteiger partial charge is 0.248 e. The van der Waals surface area contributed by atoms with E-state index in [2.05, 4.69) is 25.5 Å². The van der Waals surface area contributed by atoms with Gasteiger partial charge < -0.3 is 15.4 Å². The van der Waals surface area contributed by atoms with E-state index < -0.39 is 0 Å². The predicted molar refractivity (Wildman–Crippen MR) is 126 cm³/mol. The van der Waals surface area contributed by atoms with Crippen LogP contribution < -0.4 is 15.4 Å². The van der Waals surface area contributed by atoms with Crippen molar-refractivity contribution in [3.8, 4) is 5.75 Å². The number of rotatable bonds is 7. The van der Waals surface area contributed by atoms with Gasteiger partial charge in [-0.2, -0.15) is 0 Å². The minimum absolute atomic E-state index is 0.225. The molecule has 8 heteroatoms. The summed E-state index contributed by atoms with van der Waals surface area (Å²) in [5, 5.41) is 6.82. The Labute approximate surface area is 191 Å². The van der Waals surface area contributed by atoms with Crippen LogP contribution in [0, 0.1) is 24.6 Å². The van der Waals surface area contributed by atoms with Crippen molar-refractivity contribution in [2.75, 3.05) is 37.4 Å². The van der Waals surface area contributed by atoms with Gasteiger partial charge in [0.25, 0.3) is 0 Å². The summed E-state index contributed by atoms with van der Waals surface area (Å²) in [5.41, 5.74) is 2.42. The van der Waals surface area contributed by atoms with Crippen LogP contribution in [0.5, 0.6) is 5.75 Å². The van der Waals surface area contributed by atoms with Crippen LogP contribution in [0.1, 0.15) is 12.0 Å². The summed E-state index contributed by atoms with van der Waals surface area (Å²) in [6, 6.07) is 8.31. The summed E-state index contributed by atoms with van der Waals surface area (Å²) >= 11 is 0. The third-order valence-electron chi connectivity index (χ3n) is 6.32. The van der Waals surface area contributed by atoms with Crippen molar-refractivity contribution in [3.05, 3.63) is 60.2 Å². The van der Waals surface area contributed by atoms with Crippen molar-refractivity contribution < 1.29 is 13.9 Å². The van der Waals surface area contributed by atoms with Crippen molar-refractivity contribution in [3.63, 3.8) is 0 Å². The Morgan fingerprint density at radius 3 is 2.82 bits per heavy atom. The number of benzene rings is 2. The fourth-order valence-electron chi connectivity index (χ4n) is 4.44. The first-order valence-corrected chi connectivity index (χ1v) is 11.1. The van der Waals surface area contributed by atoms with E-state index in [1.807, 2.05) is 6.08 Å². The Kier molecular flexibility index (Phi) is 5.68. The molecule has 1 amide bonds. The monoisotopic (exact) mass is 447 g/mol. The number of anilines is 3. The van der Waals surface area contributed by atoms with Crippen molar-refractivity contribution in [1.29, 1.82) is 0 Å². The Morgan fingerprint density at radius 1 is 1.24 bits per heavy atom. The van der Waals surface area contributed by atoms with E-state index >= 15 is 0 Å². The first-order chi connectivity index (χ1) is 16.0. The Hall–Kier alpha value is -3.52. The van der Waals surface area contributed by atoms with Gasteiger partial charge in [0.2, 0.25) is 5.91 Å². The molecule has 1 aliphatic carbocycles. The number of nitrogens with one attached hydrogen (secondary N) is 2. The molecule has 3 aromatic rings. The summed E-state index contributed by atoms with van der Waals surface area (Å²) in [5.74, 6) is 2.31. The van der Waals surface area contributed by atoms with Gasteiger partial charge in [-0.25, -0.2) is 14.4 Å². The molecule has 5 rings (SSSR count). The lowest BCUT2D eigenvalue weighted by Crippen LogP contribution is -2.23. The number of carbonyl (C=O) groups excluding carboxylic acids is 1. The second-order valence-electron chi connectivity index (χ2n) is 8.75. The molecule has 2 atom stereocenters. The maximum absolute atomic E-state index is 13.6. The highest BCUT2D eigenvalue weighted by atomic mass is 19.1. The fraction of sp³-hybridized carbons (Fsp3) is 0.320. The average Bonchev–Trinajstić information content (AvgIpc) is 3.41. The Balaban J connectivity index is 1.35. The number of hydrogen-bond acceptors (Lipinski definition) is 6. The SMILES string of the molecule is COc1cc2ncnc(Nc3ccc(F)c(C)c3)c2cc1NC(=O)/C=C/CN1CC2CC2C1. The molecule has 2 aliphatic rings. The number of aromatic nitrogens is 2. The summed E-state index contributed by atoms with van der Waals surface area (Å²) in [4.78, 5) is 23.6. The summed E-state index contributed by atoms with van der Waals surface area (Å²) in [7, 11) is 1.55. The highest BCUT2D eigenvalue weighted by Crippen LogP contribution is 2.44. The molecule has 33 heavy (non-hydrogen) atoms. The molecule has 0 radical (unpaired) electrons. The van der Waals surface area contributed by atoms with Crippen LogP contribution in [0.4, 0.5) is 21.6 Å². The second kappa shape index (κ2) is 8.78. The van der Waals surface area contributed by atoms with Gasteiger partial charge in [-0.1, -0.05) is 6.08 Å². The quantitative estimate of drug-likeness (QED) is 0.527. The number of methoxy groups -OCH3 is 1. The van der Waals surface area contributed by atoms with Crippen LogP contribution >= 0.6 is 0 Å². The Bertz CT molecular complexity index is 1230. The van der Waals surface area contributed by atoms with E-state index in [-0.39, 0.29) is 11.7 Å². The molecular formula is C25H26FN5O2.